The number of nitrogens with one attached hydrogen (secondary N) is 3. The van der Waals surface area contributed by atoms with Gasteiger partial charge in [0.15, 0.2) is 0 Å². The highest BCUT2D eigenvalue weighted by Crippen LogP contribution is 2.32. The average molecular weight is 374 g/mol. The summed E-state index contributed by atoms with van der Waals surface area (Å²) in [5, 5.41) is 2.97. The summed E-state index contributed by atoms with van der Waals surface area (Å²) in [5.74, 6) is -0.678. The van der Waals surface area contributed by atoms with Gasteiger partial charge in [0.1, 0.15) is 12.2 Å². The fraction of sp³-hybridized carbons (Fsp3) is 0.600. The van der Waals surface area contributed by atoms with Crippen molar-refractivity contribution in [1.29, 1.82) is 0 Å². The highest BCUT2D eigenvalue weighted by molar-refractivity contribution is 6.01. The second-order valence-corrected chi connectivity index (χ2v) is 8.18. The summed E-state index contributed by atoms with van der Waals surface area (Å²) >= 11 is 0. The molecule has 0 aromatic heterocycles. The summed E-state index contributed by atoms with van der Waals surface area (Å²) in [6, 6.07) is 6.91. The summed E-state index contributed by atoms with van der Waals surface area (Å²) in [6.45, 7) is 4.30. The first-order valence-electron chi connectivity index (χ1n) is 9.81. The van der Waals surface area contributed by atoms with Crippen LogP contribution in [0.1, 0.15) is 49.0 Å². The minimum Gasteiger partial charge on any atom is -0.337 e. The van der Waals surface area contributed by atoms with E-state index in [0.29, 0.717) is 18.5 Å². The van der Waals surface area contributed by atoms with Crippen molar-refractivity contribution in [2.24, 2.45) is 11.8 Å². The SMILES string of the molecule is CC(C)[C@@H](C(=O)NC1NNC2CCCC(F)C21)N1Cc2ccccc2C1=O. The molecule has 2 aliphatic heterocycles. The fourth-order valence-corrected chi connectivity index (χ4v) is 4.75. The number of hydrogen-bond acceptors (Lipinski definition) is 4. The van der Waals surface area contributed by atoms with Gasteiger partial charge in [-0.2, -0.15) is 0 Å². The van der Waals surface area contributed by atoms with Gasteiger partial charge in [0, 0.05) is 24.1 Å². The number of fused-ring (bicyclic) bond motifs is 2. The van der Waals surface area contributed by atoms with Gasteiger partial charge < -0.3 is 10.2 Å². The van der Waals surface area contributed by atoms with Gasteiger partial charge in [-0.1, -0.05) is 32.0 Å². The normalized spacial score (nSPS) is 31.0. The van der Waals surface area contributed by atoms with Crippen LogP contribution in [0.15, 0.2) is 24.3 Å². The zero-order valence-electron chi connectivity index (χ0n) is 15.7. The molecular weight excluding hydrogens is 347 g/mol. The van der Waals surface area contributed by atoms with Gasteiger partial charge in [-0.05, 0) is 36.8 Å². The number of carbonyl (C=O) groups is 2. The maximum absolute atomic E-state index is 14.4. The second kappa shape index (κ2) is 7.20. The van der Waals surface area contributed by atoms with Gasteiger partial charge in [-0.15, -0.1) is 0 Å². The number of nitrogens with zero attached hydrogens (tertiary/aromatic N) is 1. The topological polar surface area (TPSA) is 73.5 Å². The van der Waals surface area contributed by atoms with E-state index < -0.39 is 18.4 Å². The van der Waals surface area contributed by atoms with E-state index in [9.17, 15) is 14.0 Å². The number of benzene rings is 1. The number of alkyl halides is 1. The molecule has 1 saturated heterocycles. The molecule has 6 nitrogen and oxygen atoms in total. The number of carbonyl (C=O) groups excluding carboxylic acids is 2. The lowest BCUT2D eigenvalue weighted by Gasteiger charge is -2.34. The molecule has 4 unspecified atom stereocenters. The number of hydrazine groups is 1. The van der Waals surface area contributed by atoms with Crippen molar-refractivity contribution in [2.75, 3.05) is 0 Å². The Bertz CT molecular complexity index is 740. The van der Waals surface area contributed by atoms with E-state index in [1.165, 1.54) is 0 Å². The zero-order valence-corrected chi connectivity index (χ0v) is 15.7. The lowest BCUT2D eigenvalue weighted by atomic mass is 9.82. The summed E-state index contributed by atoms with van der Waals surface area (Å²) in [4.78, 5) is 27.6. The highest BCUT2D eigenvalue weighted by Gasteiger charge is 2.46. The Hall–Kier alpha value is -1.99. The second-order valence-electron chi connectivity index (χ2n) is 8.18. The molecule has 1 aliphatic carbocycles. The third kappa shape index (κ3) is 3.23. The standard InChI is InChI=1S/C20H27FN4O2/c1-11(2)17(25-10-12-6-3-4-7-13(12)20(25)27)19(26)22-18-16-14(21)8-5-9-15(16)23-24-18/h3-4,6-7,11,14-18,23-24H,5,8-10H2,1-2H3,(H,22,26)/t14?,15?,16?,17-,18?/m0/s1. The van der Waals surface area contributed by atoms with Crippen LogP contribution in [-0.2, 0) is 11.3 Å². The third-order valence-electron chi connectivity index (χ3n) is 6.07. The Labute approximate surface area is 158 Å². The number of halogens is 1. The molecule has 7 heteroatoms. The Morgan fingerprint density at radius 2 is 2.04 bits per heavy atom. The number of rotatable bonds is 4. The van der Waals surface area contributed by atoms with Crippen LogP contribution in [0.2, 0.25) is 0 Å². The molecule has 5 atom stereocenters. The molecule has 3 aliphatic rings. The predicted molar refractivity (Wildman–Crippen MR) is 99.2 cm³/mol. The number of hydrogen-bond donors (Lipinski definition) is 3. The molecule has 2 amide bonds. The van der Waals surface area contributed by atoms with Crippen molar-refractivity contribution in [3.05, 3.63) is 35.4 Å². The molecule has 27 heavy (non-hydrogen) atoms. The Morgan fingerprint density at radius 3 is 2.78 bits per heavy atom. The lowest BCUT2D eigenvalue weighted by Crippen LogP contribution is -2.57. The van der Waals surface area contributed by atoms with E-state index >= 15 is 0 Å². The number of amides is 2. The molecule has 1 saturated carbocycles. The molecule has 3 N–H and O–H groups in total. The van der Waals surface area contributed by atoms with Gasteiger partial charge in [0.25, 0.3) is 5.91 Å². The van der Waals surface area contributed by atoms with E-state index in [0.717, 1.165) is 18.4 Å². The molecule has 2 heterocycles. The first kappa shape index (κ1) is 18.4. The largest absolute Gasteiger partial charge is 0.337 e. The third-order valence-corrected chi connectivity index (χ3v) is 6.07. The van der Waals surface area contributed by atoms with Gasteiger partial charge in [-0.3, -0.25) is 15.0 Å². The summed E-state index contributed by atoms with van der Waals surface area (Å²) < 4.78 is 14.4. The van der Waals surface area contributed by atoms with Gasteiger partial charge in [0.05, 0.1) is 6.17 Å². The van der Waals surface area contributed by atoms with E-state index in [4.69, 9.17) is 0 Å². The monoisotopic (exact) mass is 374 g/mol. The van der Waals surface area contributed by atoms with E-state index in [1.54, 1.807) is 11.0 Å². The molecule has 0 spiro atoms. The van der Waals surface area contributed by atoms with E-state index in [2.05, 4.69) is 16.2 Å². The van der Waals surface area contributed by atoms with Crippen molar-refractivity contribution in [1.82, 2.24) is 21.1 Å². The van der Waals surface area contributed by atoms with Crippen molar-refractivity contribution >= 4 is 11.8 Å². The Balaban J connectivity index is 1.50. The van der Waals surface area contributed by atoms with Crippen molar-refractivity contribution in [3.8, 4) is 0 Å². The molecule has 4 rings (SSSR count). The van der Waals surface area contributed by atoms with Crippen LogP contribution in [0.4, 0.5) is 4.39 Å². The molecule has 1 aromatic rings. The van der Waals surface area contributed by atoms with Gasteiger partial charge >= 0.3 is 0 Å². The van der Waals surface area contributed by atoms with Crippen molar-refractivity contribution < 1.29 is 14.0 Å². The van der Waals surface area contributed by atoms with Gasteiger partial charge in [-0.25, -0.2) is 9.82 Å². The summed E-state index contributed by atoms with van der Waals surface area (Å²) in [5.41, 5.74) is 7.77. The van der Waals surface area contributed by atoms with Crippen molar-refractivity contribution in [3.63, 3.8) is 0 Å². The average Bonchev–Trinajstić information content (AvgIpc) is 3.18. The molecular formula is C20H27FN4O2. The molecule has 0 radical (unpaired) electrons. The maximum atomic E-state index is 14.4. The Kier molecular flexibility index (Phi) is 4.90. The summed E-state index contributed by atoms with van der Waals surface area (Å²) in [7, 11) is 0. The lowest BCUT2D eigenvalue weighted by molar-refractivity contribution is -0.128. The van der Waals surface area contributed by atoms with Crippen molar-refractivity contribution in [2.45, 2.75) is 64.1 Å². The van der Waals surface area contributed by atoms with Crippen LogP contribution in [0.5, 0.6) is 0 Å². The molecule has 0 bridgehead atoms. The predicted octanol–water partition coefficient (Wildman–Crippen LogP) is 1.72. The minimum atomic E-state index is -0.938. The van der Waals surface area contributed by atoms with Crippen LogP contribution in [-0.4, -0.2) is 41.1 Å². The van der Waals surface area contributed by atoms with Crippen LogP contribution in [0.3, 0.4) is 0 Å². The maximum Gasteiger partial charge on any atom is 0.255 e. The van der Waals surface area contributed by atoms with Crippen LogP contribution in [0.25, 0.3) is 0 Å². The molecule has 146 valence electrons. The summed E-state index contributed by atoms with van der Waals surface area (Å²) in [6.07, 6.45) is 0.890. The van der Waals surface area contributed by atoms with Gasteiger partial charge in [0.2, 0.25) is 5.91 Å². The molecule has 2 fully saturated rings. The zero-order chi connectivity index (χ0) is 19.1. The van der Waals surface area contributed by atoms with E-state index in [-0.39, 0.29) is 29.7 Å². The van der Waals surface area contributed by atoms with Crippen LogP contribution < -0.4 is 16.2 Å². The minimum absolute atomic E-state index is 0.0363. The first-order valence-corrected chi connectivity index (χ1v) is 9.81. The quantitative estimate of drug-likeness (QED) is 0.750. The first-order chi connectivity index (χ1) is 13.0. The van der Waals surface area contributed by atoms with Crippen LogP contribution in [0, 0.1) is 11.8 Å². The fourth-order valence-electron chi connectivity index (χ4n) is 4.75. The van der Waals surface area contributed by atoms with E-state index in [1.807, 2.05) is 32.0 Å². The highest BCUT2D eigenvalue weighted by atomic mass is 19.1. The van der Waals surface area contributed by atoms with Crippen LogP contribution >= 0.6 is 0 Å². The smallest absolute Gasteiger partial charge is 0.255 e. The Morgan fingerprint density at radius 1 is 1.26 bits per heavy atom. The molecule has 1 aromatic carbocycles.